The molecule has 0 aromatic carbocycles. The number of hydrogen-bond acceptors (Lipinski definition) is 8. The lowest BCUT2D eigenvalue weighted by Gasteiger charge is -2.28. The summed E-state index contributed by atoms with van der Waals surface area (Å²) in [6, 6.07) is 1.61. The molecular weight excluding hydrogens is 292 g/mol. The normalized spacial score (nSPS) is 15.2. The quantitative estimate of drug-likeness (QED) is 0.599. The van der Waals surface area contributed by atoms with Crippen molar-refractivity contribution in [1.82, 2.24) is 14.8 Å². The highest BCUT2D eigenvalue weighted by Crippen LogP contribution is 2.17. The van der Waals surface area contributed by atoms with E-state index in [9.17, 15) is 4.79 Å². The number of nitrogens with zero attached hydrogens (tertiary/aromatic N) is 4. The second kappa shape index (κ2) is 6.20. The first-order valence-electron chi connectivity index (χ1n) is 6.57. The summed E-state index contributed by atoms with van der Waals surface area (Å²) in [5.74, 6) is 5.29. The van der Waals surface area contributed by atoms with E-state index < -0.39 is 0 Å². The molecule has 1 fully saturated rings. The molecule has 0 bridgehead atoms. The van der Waals surface area contributed by atoms with Crippen LogP contribution in [0.2, 0.25) is 0 Å². The molecule has 0 unspecified atom stereocenters. The number of nitrogens with two attached hydrogens (primary N) is 1. The van der Waals surface area contributed by atoms with Crippen LogP contribution in [0.25, 0.3) is 0 Å². The maximum Gasteiger partial charge on any atom is 0.269 e. The molecular formula is C12H16N6O2S. The summed E-state index contributed by atoms with van der Waals surface area (Å²) in [6.07, 6.45) is 3.40. The first kappa shape index (κ1) is 14.0. The van der Waals surface area contributed by atoms with E-state index in [0.29, 0.717) is 24.9 Å². The zero-order valence-electron chi connectivity index (χ0n) is 11.4. The molecule has 3 N–H and O–H groups in total. The van der Waals surface area contributed by atoms with Gasteiger partial charge in [-0.3, -0.25) is 10.2 Å². The van der Waals surface area contributed by atoms with Crippen LogP contribution in [0.1, 0.15) is 4.88 Å². The first-order chi connectivity index (χ1) is 10.3. The molecule has 8 nitrogen and oxygen atoms in total. The molecule has 3 heterocycles. The van der Waals surface area contributed by atoms with Gasteiger partial charge in [-0.25, -0.2) is 15.5 Å². The number of nitrogens with one attached hydrogen (secondary N) is 1. The zero-order valence-corrected chi connectivity index (χ0v) is 12.2. The van der Waals surface area contributed by atoms with E-state index >= 15 is 0 Å². The molecule has 0 amide bonds. The molecule has 2 aromatic rings. The summed E-state index contributed by atoms with van der Waals surface area (Å²) in [5.41, 5.74) is 3.19. The van der Waals surface area contributed by atoms with Crippen LogP contribution in [-0.2, 0) is 11.3 Å². The Labute approximate surface area is 125 Å². The molecule has 0 aliphatic carbocycles. The number of anilines is 2. The summed E-state index contributed by atoms with van der Waals surface area (Å²) < 4.78 is 6.71. The third-order valence-corrected chi connectivity index (χ3v) is 4.13. The van der Waals surface area contributed by atoms with Crippen molar-refractivity contribution in [2.75, 3.05) is 36.6 Å². The third-order valence-electron chi connectivity index (χ3n) is 3.21. The van der Waals surface area contributed by atoms with Gasteiger partial charge in [0.05, 0.1) is 31.6 Å². The summed E-state index contributed by atoms with van der Waals surface area (Å²) >= 11 is 1.39. The molecule has 0 saturated carbocycles. The maximum atomic E-state index is 12.1. The predicted octanol–water partition coefficient (Wildman–Crippen LogP) is -0.130. The molecule has 2 aromatic heterocycles. The Morgan fingerprint density at radius 1 is 1.38 bits per heavy atom. The molecule has 21 heavy (non-hydrogen) atoms. The Kier molecular flexibility index (Phi) is 4.13. The molecule has 0 spiro atoms. The van der Waals surface area contributed by atoms with E-state index in [1.54, 1.807) is 18.5 Å². The average Bonchev–Trinajstić information content (AvgIpc) is 2.98. The van der Waals surface area contributed by atoms with E-state index in [4.69, 9.17) is 10.6 Å². The Morgan fingerprint density at radius 2 is 2.19 bits per heavy atom. The van der Waals surface area contributed by atoms with Crippen molar-refractivity contribution in [3.63, 3.8) is 0 Å². The van der Waals surface area contributed by atoms with Crippen LogP contribution in [0.3, 0.4) is 0 Å². The van der Waals surface area contributed by atoms with Gasteiger partial charge in [0.25, 0.3) is 5.56 Å². The standard InChI is InChI=1S/C12H16N6O2S/c13-16-12-14-7-10(21-12)8-18-11(19)5-9(6-15-18)17-1-3-20-4-2-17/h5-7H,1-4,8,13H2,(H,14,16). The van der Waals surface area contributed by atoms with E-state index in [1.165, 1.54) is 16.0 Å². The van der Waals surface area contributed by atoms with Gasteiger partial charge in [0.15, 0.2) is 5.13 Å². The van der Waals surface area contributed by atoms with Crippen molar-refractivity contribution in [3.05, 3.63) is 33.7 Å². The van der Waals surface area contributed by atoms with Gasteiger partial charge >= 0.3 is 0 Å². The van der Waals surface area contributed by atoms with Gasteiger partial charge < -0.3 is 9.64 Å². The lowest BCUT2D eigenvalue weighted by atomic mass is 10.3. The predicted molar refractivity (Wildman–Crippen MR) is 80.6 cm³/mol. The fourth-order valence-electron chi connectivity index (χ4n) is 2.13. The SMILES string of the molecule is NNc1ncc(Cn2ncc(N3CCOCC3)cc2=O)s1. The van der Waals surface area contributed by atoms with Crippen molar-refractivity contribution in [2.45, 2.75) is 6.54 Å². The van der Waals surface area contributed by atoms with Crippen LogP contribution < -0.4 is 21.7 Å². The number of hydrazine groups is 1. The molecule has 112 valence electrons. The summed E-state index contributed by atoms with van der Waals surface area (Å²) in [5, 5.41) is 4.85. The molecule has 1 saturated heterocycles. The number of nitrogen functional groups attached to an aromatic ring is 1. The lowest BCUT2D eigenvalue weighted by Crippen LogP contribution is -2.37. The summed E-state index contributed by atoms with van der Waals surface area (Å²) in [6.45, 7) is 3.32. The highest BCUT2D eigenvalue weighted by atomic mass is 32.1. The number of ether oxygens (including phenoxy) is 1. The minimum Gasteiger partial charge on any atom is -0.378 e. The summed E-state index contributed by atoms with van der Waals surface area (Å²) in [4.78, 5) is 19.2. The number of hydrogen-bond donors (Lipinski definition) is 2. The van der Waals surface area contributed by atoms with Gasteiger partial charge in [-0.1, -0.05) is 11.3 Å². The van der Waals surface area contributed by atoms with E-state index in [0.717, 1.165) is 23.7 Å². The number of aromatic nitrogens is 3. The highest BCUT2D eigenvalue weighted by Gasteiger charge is 2.13. The van der Waals surface area contributed by atoms with Gasteiger partial charge in [-0.15, -0.1) is 0 Å². The zero-order chi connectivity index (χ0) is 14.7. The monoisotopic (exact) mass is 308 g/mol. The summed E-state index contributed by atoms with van der Waals surface area (Å²) in [7, 11) is 0. The third kappa shape index (κ3) is 3.20. The Hall–Kier alpha value is -1.97. The van der Waals surface area contributed by atoms with E-state index in [2.05, 4.69) is 20.4 Å². The van der Waals surface area contributed by atoms with Crippen molar-refractivity contribution >= 4 is 22.2 Å². The number of morpholine rings is 1. The van der Waals surface area contributed by atoms with Crippen molar-refractivity contribution in [2.24, 2.45) is 5.84 Å². The largest absolute Gasteiger partial charge is 0.378 e. The van der Waals surface area contributed by atoms with Crippen LogP contribution in [0, 0.1) is 0 Å². The Bertz CT molecular complexity index is 664. The lowest BCUT2D eigenvalue weighted by molar-refractivity contribution is 0.122. The molecule has 1 aliphatic heterocycles. The van der Waals surface area contributed by atoms with Crippen molar-refractivity contribution in [1.29, 1.82) is 0 Å². The molecule has 9 heteroatoms. The van der Waals surface area contributed by atoms with Crippen molar-refractivity contribution in [3.8, 4) is 0 Å². The second-order valence-electron chi connectivity index (χ2n) is 4.59. The van der Waals surface area contributed by atoms with Crippen LogP contribution in [-0.4, -0.2) is 41.1 Å². The maximum absolute atomic E-state index is 12.1. The smallest absolute Gasteiger partial charge is 0.269 e. The fourth-order valence-corrected chi connectivity index (χ4v) is 2.84. The second-order valence-corrected chi connectivity index (χ2v) is 5.70. The minimum atomic E-state index is -0.130. The molecule has 0 atom stereocenters. The highest BCUT2D eigenvalue weighted by molar-refractivity contribution is 7.15. The minimum absolute atomic E-state index is 0.130. The van der Waals surface area contributed by atoms with Gasteiger partial charge in [-0.05, 0) is 0 Å². The molecule has 3 rings (SSSR count). The number of rotatable bonds is 4. The molecule has 0 radical (unpaired) electrons. The van der Waals surface area contributed by atoms with Gasteiger partial charge in [0.1, 0.15) is 0 Å². The van der Waals surface area contributed by atoms with Crippen molar-refractivity contribution < 1.29 is 4.74 Å². The number of thiazole rings is 1. The van der Waals surface area contributed by atoms with Crippen LogP contribution in [0.15, 0.2) is 23.3 Å². The first-order valence-corrected chi connectivity index (χ1v) is 7.39. The Balaban J connectivity index is 1.76. The molecule has 1 aliphatic rings. The topological polar surface area (TPSA) is 98.3 Å². The fraction of sp³-hybridized carbons (Fsp3) is 0.417. The Morgan fingerprint density at radius 3 is 2.86 bits per heavy atom. The average molecular weight is 308 g/mol. The van der Waals surface area contributed by atoms with Gasteiger partial charge in [0.2, 0.25) is 0 Å². The van der Waals surface area contributed by atoms with Crippen LogP contribution >= 0.6 is 11.3 Å². The van der Waals surface area contributed by atoms with Gasteiger partial charge in [0, 0.05) is 30.2 Å². The van der Waals surface area contributed by atoms with E-state index in [-0.39, 0.29) is 5.56 Å². The van der Waals surface area contributed by atoms with Crippen LogP contribution in [0.4, 0.5) is 10.8 Å². The van der Waals surface area contributed by atoms with Gasteiger partial charge in [-0.2, -0.15) is 5.10 Å². The van der Waals surface area contributed by atoms with Crippen LogP contribution in [0.5, 0.6) is 0 Å². The van der Waals surface area contributed by atoms with E-state index in [1.807, 2.05) is 0 Å².